The van der Waals surface area contributed by atoms with Gasteiger partial charge in [-0.15, -0.1) is 0 Å². The van der Waals surface area contributed by atoms with E-state index in [1.165, 1.54) is 0 Å². The van der Waals surface area contributed by atoms with Crippen molar-refractivity contribution in [3.63, 3.8) is 0 Å². The van der Waals surface area contributed by atoms with Crippen LogP contribution in [0.4, 0.5) is 5.69 Å². The van der Waals surface area contributed by atoms with Crippen LogP contribution in [0.25, 0.3) is 0 Å². The summed E-state index contributed by atoms with van der Waals surface area (Å²) >= 11 is 0. The number of anilines is 1. The zero-order valence-corrected chi connectivity index (χ0v) is 11.3. The summed E-state index contributed by atoms with van der Waals surface area (Å²) in [5.41, 5.74) is 1.90. The van der Waals surface area contributed by atoms with E-state index in [0.29, 0.717) is 12.3 Å². The highest BCUT2D eigenvalue weighted by Gasteiger charge is 2.05. The van der Waals surface area contributed by atoms with Gasteiger partial charge in [0.25, 0.3) is 0 Å². The van der Waals surface area contributed by atoms with Gasteiger partial charge in [0, 0.05) is 18.4 Å². The van der Waals surface area contributed by atoms with Crippen LogP contribution in [0.15, 0.2) is 42.7 Å². The second kappa shape index (κ2) is 6.88. The zero-order valence-electron chi connectivity index (χ0n) is 11.3. The van der Waals surface area contributed by atoms with Crippen LogP contribution >= 0.6 is 0 Å². The van der Waals surface area contributed by atoms with Crippen molar-refractivity contribution in [2.45, 2.75) is 13.0 Å². The number of hydrogen-bond acceptors (Lipinski definition) is 5. The van der Waals surface area contributed by atoms with Gasteiger partial charge in [-0.3, -0.25) is 4.98 Å². The molecule has 1 aromatic heterocycles. The van der Waals surface area contributed by atoms with Gasteiger partial charge in [0.15, 0.2) is 0 Å². The van der Waals surface area contributed by atoms with E-state index in [-0.39, 0.29) is 6.61 Å². The Morgan fingerprint density at radius 1 is 1.30 bits per heavy atom. The molecule has 0 saturated heterocycles. The number of aliphatic hydroxyl groups excluding tert-OH is 2. The molecule has 0 aliphatic carbocycles. The summed E-state index contributed by atoms with van der Waals surface area (Å²) < 4.78 is 5.68. The number of aliphatic hydroxyl groups is 2. The van der Waals surface area contributed by atoms with Crippen LogP contribution in [0, 0.1) is 6.92 Å². The predicted molar refractivity (Wildman–Crippen MR) is 77.1 cm³/mol. The largest absolute Gasteiger partial charge is 0.456 e. The molecule has 106 valence electrons. The summed E-state index contributed by atoms with van der Waals surface area (Å²) in [5, 5.41) is 21.2. The van der Waals surface area contributed by atoms with Gasteiger partial charge in [-0.2, -0.15) is 0 Å². The summed E-state index contributed by atoms with van der Waals surface area (Å²) in [7, 11) is 0. The minimum Gasteiger partial charge on any atom is -0.456 e. The lowest BCUT2D eigenvalue weighted by Gasteiger charge is -2.13. The van der Waals surface area contributed by atoms with Crippen molar-refractivity contribution in [2.24, 2.45) is 0 Å². The molecule has 1 aromatic carbocycles. The molecule has 0 saturated carbocycles. The average Bonchev–Trinajstić information content (AvgIpc) is 2.47. The van der Waals surface area contributed by atoms with Crippen LogP contribution < -0.4 is 10.1 Å². The Morgan fingerprint density at radius 3 is 2.80 bits per heavy atom. The Hall–Kier alpha value is -2.11. The van der Waals surface area contributed by atoms with Crippen LogP contribution in [0.3, 0.4) is 0 Å². The Bertz CT molecular complexity index is 546. The number of aryl methyl sites for hydroxylation is 1. The number of pyridine rings is 1. The fraction of sp³-hybridized carbons (Fsp3) is 0.267. The fourth-order valence-corrected chi connectivity index (χ4v) is 1.73. The first kappa shape index (κ1) is 14.3. The Kier molecular flexibility index (Phi) is 4.92. The highest BCUT2D eigenvalue weighted by atomic mass is 16.5. The molecule has 2 rings (SSSR count). The third-order valence-electron chi connectivity index (χ3n) is 2.81. The molecule has 5 nitrogen and oxygen atoms in total. The second-order valence-corrected chi connectivity index (χ2v) is 4.48. The summed E-state index contributed by atoms with van der Waals surface area (Å²) in [6.45, 7) is 2.00. The molecule has 0 aliphatic heterocycles. The summed E-state index contributed by atoms with van der Waals surface area (Å²) in [5.74, 6) is 1.41. The standard InChI is InChI=1S/C15H18N2O3/c1-11-7-13(20-14-3-2-6-16-9-14)4-5-15(11)17-8-12(19)10-18/h2-7,9,12,17-19H,8,10H2,1H3. The first-order valence-electron chi connectivity index (χ1n) is 6.40. The van der Waals surface area contributed by atoms with Gasteiger partial charge in [-0.05, 0) is 42.8 Å². The van der Waals surface area contributed by atoms with Crippen LogP contribution in [-0.4, -0.2) is 34.5 Å². The molecule has 20 heavy (non-hydrogen) atoms. The zero-order chi connectivity index (χ0) is 14.4. The molecule has 1 unspecified atom stereocenters. The van der Waals surface area contributed by atoms with Crippen LogP contribution in [-0.2, 0) is 0 Å². The molecule has 0 amide bonds. The van der Waals surface area contributed by atoms with Crippen molar-refractivity contribution in [2.75, 3.05) is 18.5 Å². The molecule has 0 radical (unpaired) electrons. The lowest BCUT2D eigenvalue weighted by molar-refractivity contribution is 0.105. The number of ether oxygens (including phenoxy) is 1. The van der Waals surface area contributed by atoms with E-state index in [1.54, 1.807) is 12.4 Å². The molecule has 2 aromatic rings. The van der Waals surface area contributed by atoms with Crippen molar-refractivity contribution in [3.05, 3.63) is 48.3 Å². The quantitative estimate of drug-likeness (QED) is 0.750. The summed E-state index contributed by atoms with van der Waals surface area (Å²) in [6, 6.07) is 9.28. The van der Waals surface area contributed by atoms with Gasteiger partial charge in [0.2, 0.25) is 0 Å². The number of hydrogen-bond donors (Lipinski definition) is 3. The first-order chi connectivity index (χ1) is 9.69. The molecule has 1 atom stereocenters. The lowest BCUT2D eigenvalue weighted by atomic mass is 10.2. The van der Waals surface area contributed by atoms with E-state index in [2.05, 4.69) is 10.3 Å². The van der Waals surface area contributed by atoms with Crippen LogP contribution in [0.5, 0.6) is 11.5 Å². The minimum absolute atomic E-state index is 0.256. The molecule has 0 spiro atoms. The highest BCUT2D eigenvalue weighted by Crippen LogP contribution is 2.25. The van der Waals surface area contributed by atoms with Gasteiger partial charge in [0.05, 0.1) is 18.9 Å². The first-order valence-corrected chi connectivity index (χ1v) is 6.40. The molecule has 0 fully saturated rings. The van der Waals surface area contributed by atoms with Crippen molar-refractivity contribution >= 4 is 5.69 Å². The topological polar surface area (TPSA) is 74.6 Å². The third-order valence-corrected chi connectivity index (χ3v) is 2.81. The summed E-state index contributed by atoms with van der Waals surface area (Å²) in [6.07, 6.45) is 2.58. The summed E-state index contributed by atoms with van der Waals surface area (Å²) in [4.78, 5) is 3.99. The Labute approximate surface area is 117 Å². The molecular formula is C15H18N2O3. The van der Waals surface area contributed by atoms with Gasteiger partial charge in [-0.25, -0.2) is 0 Å². The number of nitrogens with one attached hydrogen (secondary N) is 1. The second-order valence-electron chi connectivity index (χ2n) is 4.48. The predicted octanol–water partition coefficient (Wildman–Crippen LogP) is 1.95. The molecule has 0 bridgehead atoms. The minimum atomic E-state index is -0.763. The van der Waals surface area contributed by atoms with Crippen molar-refractivity contribution in [1.29, 1.82) is 0 Å². The molecule has 5 heteroatoms. The normalized spacial score (nSPS) is 11.9. The van der Waals surface area contributed by atoms with Crippen molar-refractivity contribution < 1.29 is 14.9 Å². The van der Waals surface area contributed by atoms with Gasteiger partial charge < -0.3 is 20.3 Å². The number of benzene rings is 1. The van der Waals surface area contributed by atoms with E-state index in [4.69, 9.17) is 9.84 Å². The molecule has 0 aliphatic rings. The average molecular weight is 274 g/mol. The van der Waals surface area contributed by atoms with E-state index < -0.39 is 6.10 Å². The van der Waals surface area contributed by atoms with Crippen LogP contribution in [0.1, 0.15) is 5.56 Å². The maximum absolute atomic E-state index is 9.32. The number of rotatable bonds is 6. The van der Waals surface area contributed by atoms with Crippen LogP contribution in [0.2, 0.25) is 0 Å². The number of aromatic nitrogens is 1. The van der Waals surface area contributed by atoms with Gasteiger partial charge in [0.1, 0.15) is 11.5 Å². The molecule has 3 N–H and O–H groups in total. The maximum atomic E-state index is 9.32. The van der Waals surface area contributed by atoms with Crippen molar-refractivity contribution in [1.82, 2.24) is 4.98 Å². The Morgan fingerprint density at radius 2 is 2.15 bits per heavy atom. The fourth-order valence-electron chi connectivity index (χ4n) is 1.73. The van der Waals surface area contributed by atoms with E-state index in [9.17, 15) is 5.11 Å². The molecule has 1 heterocycles. The van der Waals surface area contributed by atoms with E-state index in [1.807, 2.05) is 37.3 Å². The third kappa shape index (κ3) is 3.94. The highest BCUT2D eigenvalue weighted by molar-refractivity contribution is 5.54. The smallest absolute Gasteiger partial charge is 0.145 e. The monoisotopic (exact) mass is 274 g/mol. The maximum Gasteiger partial charge on any atom is 0.145 e. The van der Waals surface area contributed by atoms with Gasteiger partial charge in [-0.1, -0.05) is 0 Å². The van der Waals surface area contributed by atoms with Crippen molar-refractivity contribution in [3.8, 4) is 11.5 Å². The molecular weight excluding hydrogens is 256 g/mol. The lowest BCUT2D eigenvalue weighted by Crippen LogP contribution is -2.23. The van der Waals surface area contributed by atoms with E-state index in [0.717, 1.165) is 17.0 Å². The SMILES string of the molecule is Cc1cc(Oc2cccnc2)ccc1NCC(O)CO. The van der Waals surface area contributed by atoms with E-state index >= 15 is 0 Å². The Balaban J connectivity index is 2.02. The number of nitrogens with zero attached hydrogens (tertiary/aromatic N) is 1. The van der Waals surface area contributed by atoms with Gasteiger partial charge >= 0.3 is 0 Å².